The summed E-state index contributed by atoms with van der Waals surface area (Å²) in [6, 6.07) is 10.3. The molecular weight excluding hydrogens is 186 g/mol. The van der Waals surface area contributed by atoms with Gasteiger partial charge in [0.1, 0.15) is 0 Å². The van der Waals surface area contributed by atoms with Crippen molar-refractivity contribution in [1.82, 2.24) is 9.80 Å². The molecule has 1 aromatic carbocycles. The van der Waals surface area contributed by atoms with Crippen LogP contribution in [0.5, 0.6) is 0 Å². The average molecular weight is 203 g/mol. The second kappa shape index (κ2) is 4.34. The second-order valence-electron chi connectivity index (χ2n) is 3.81. The molecule has 1 aromatic rings. The molecule has 0 radical (unpaired) electrons. The Morgan fingerprint density at radius 3 is 2.40 bits per heavy atom. The van der Waals surface area contributed by atoms with Gasteiger partial charge in [-0.15, -0.1) is 0 Å². The van der Waals surface area contributed by atoms with Gasteiger partial charge in [0.15, 0.2) is 5.96 Å². The first-order chi connectivity index (χ1) is 7.31. The van der Waals surface area contributed by atoms with Gasteiger partial charge in [-0.1, -0.05) is 30.3 Å². The van der Waals surface area contributed by atoms with E-state index in [1.54, 1.807) is 0 Å². The predicted molar refractivity (Wildman–Crippen MR) is 61.8 cm³/mol. The Balaban J connectivity index is 2.00. The standard InChI is InChI=1S/C12H17N3/c1-2-14-8-9-15(12(14)13)10-11-6-4-3-5-7-11/h3-7,13H,2,8-10H2,1H3. The van der Waals surface area contributed by atoms with Gasteiger partial charge in [-0.25, -0.2) is 0 Å². The monoisotopic (exact) mass is 203 g/mol. The van der Waals surface area contributed by atoms with Crippen molar-refractivity contribution in [2.75, 3.05) is 19.6 Å². The molecule has 0 aromatic heterocycles. The lowest BCUT2D eigenvalue weighted by atomic mass is 10.2. The van der Waals surface area contributed by atoms with Gasteiger partial charge >= 0.3 is 0 Å². The van der Waals surface area contributed by atoms with E-state index in [0.717, 1.165) is 26.2 Å². The van der Waals surface area contributed by atoms with Crippen LogP contribution in [0, 0.1) is 5.41 Å². The molecule has 0 unspecified atom stereocenters. The maximum atomic E-state index is 7.96. The number of hydrogen-bond donors (Lipinski definition) is 1. The molecule has 2 rings (SSSR count). The van der Waals surface area contributed by atoms with Gasteiger partial charge in [0.25, 0.3) is 0 Å². The van der Waals surface area contributed by atoms with Crippen molar-refractivity contribution >= 4 is 5.96 Å². The fraction of sp³-hybridized carbons (Fsp3) is 0.417. The number of rotatable bonds is 3. The zero-order valence-corrected chi connectivity index (χ0v) is 9.11. The minimum atomic E-state index is 0.668. The molecule has 3 nitrogen and oxygen atoms in total. The molecule has 3 heteroatoms. The van der Waals surface area contributed by atoms with E-state index in [4.69, 9.17) is 5.41 Å². The van der Waals surface area contributed by atoms with E-state index in [-0.39, 0.29) is 0 Å². The fourth-order valence-corrected chi connectivity index (χ4v) is 1.92. The summed E-state index contributed by atoms with van der Waals surface area (Å²) in [6.45, 7) is 5.85. The van der Waals surface area contributed by atoms with Gasteiger partial charge in [-0.3, -0.25) is 5.41 Å². The number of nitrogens with zero attached hydrogens (tertiary/aromatic N) is 2. The molecule has 0 saturated carbocycles. The summed E-state index contributed by atoms with van der Waals surface area (Å²) >= 11 is 0. The van der Waals surface area contributed by atoms with Crippen LogP contribution in [0.3, 0.4) is 0 Å². The average Bonchev–Trinajstić information content (AvgIpc) is 2.62. The van der Waals surface area contributed by atoms with Crippen LogP contribution in [0.25, 0.3) is 0 Å². The van der Waals surface area contributed by atoms with Crippen LogP contribution in [0.1, 0.15) is 12.5 Å². The number of likely N-dealkylation sites (N-methyl/N-ethyl adjacent to an activating group) is 1. The Labute approximate surface area is 90.8 Å². The summed E-state index contributed by atoms with van der Waals surface area (Å²) in [4.78, 5) is 4.22. The third-order valence-electron chi connectivity index (χ3n) is 2.84. The minimum absolute atomic E-state index is 0.668. The number of hydrogen-bond acceptors (Lipinski definition) is 1. The van der Waals surface area contributed by atoms with Crippen molar-refractivity contribution in [3.8, 4) is 0 Å². The van der Waals surface area contributed by atoms with Crippen LogP contribution in [0.15, 0.2) is 30.3 Å². The van der Waals surface area contributed by atoms with E-state index in [1.165, 1.54) is 5.56 Å². The van der Waals surface area contributed by atoms with Crippen LogP contribution in [-0.4, -0.2) is 35.4 Å². The third-order valence-corrected chi connectivity index (χ3v) is 2.84. The Hall–Kier alpha value is -1.51. The molecule has 0 amide bonds. The Kier molecular flexibility index (Phi) is 2.90. The molecule has 1 fully saturated rings. The van der Waals surface area contributed by atoms with E-state index in [0.29, 0.717) is 5.96 Å². The summed E-state index contributed by atoms with van der Waals surface area (Å²) in [6.07, 6.45) is 0. The predicted octanol–water partition coefficient (Wildman–Crippen LogP) is 1.76. The molecular formula is C12H17N3. The minimum Gasteiger partial charge on any atom is -0.342 e. The summed E-state index contributed by atoms with van der Waals surface area (Å²) in [5, 5.41) is 7.96. The first kappa shape index (κ1) is 10.0. The van der Waals surface area contributed by atoms with E-state index in [9.17, 15) is 0 Å². The van der Waals surface area contributed by atoms with E-state index in [2.05, 4.69) is 28.9 Å². The van der Waals surface area contributed by atoms with Crippen LogP contribution < -0.4 is 0 Å². The highest BCUT2D eigenvalue weighted by Crippen LogP contribution is 2.11. The van der Waals surface area contributed by atoms with Gasteiger partial charge in [0.2, 0.25) is 0 Å². The topological polar surface area (TPSA) is 30.3 Å². The van der Waals surface area contributed by atoms with Crippen molar-refractivity contribution < 1.29 is 0 Å². The van der Waals surface area contributed by atoms with E-state index >= 15 is 0 Å². The van der Waals surface area contributed by atoms with Crippen LogP contribution >= 0.6 is 0 Å². The molecule has 80 valence electrons. The lowest BCUT2D eigenvalue weighted by molar-refractivity contribution is 0.454. The highest BCUT2D eigenvalue weighted by Gasteiger charge is 2.23. The molecule has 0 spiro atoms. The van der Waals surface area contributed by atoms with Gasteiger partial charge in [0, 0.05) is 26.2 Å². The highest BCUT2D eigenvalue weighted by molar-refractivity contribution is 5.78. The first-order valence-electron chi connectivity index (χ1n) is 5.43. The molecule has 0 bridgehead atoms. The van der Waals surface area contributed by atoms with E-state index < -0.39 is 0 Å². The third kappa shape index (κ3) is 2.12. The first-order valence-corrected chi connectivity index (χ1v) is 5.43. The maximum Gasteiger partial charge on any atom is 0.194 e. The van der Waals surface area contributed by atoms with Crippen molar-refractivity contribution in [3.63, 3.8) is 0 Å². The molecule has 1 saturated heterocycles. The number of nitrogens with one attached hydrogen (secondary N) is 1. The highest BCUT2D eigenvalue weighted by atomic mass is 15.4. The summed E-state index contributed by atoms with van der Waals surface area (Å²) in [5.41, 5.74) is 1.28. The molecule has 0 atom stereocenters. The summed E-state index contributed by atoms with van der Waals surface area (Å²) < 4.78 is 0. The van der Waals surface area contributed by atoms with Crippen molar-refractivity contribution in [1.29, 1.82) is 5.41 Å². The Bertz CT molecular complexity index is 334. The molecule has 1 aliphatic rings. The van der Waals surface area contributed by atoms with Gasteiger partial charge < -0.3 is 9.80 Å². The zero-order valence-electron chi connectivity index (χ0n) is 9.11. The normalized spacial score (nSPS) is 16.2. The lowest BCUT2D eigenvalue weighted by Crippen LogP contribution is -2.32. The van der Waals surface area contributed by atoms with E-state index in [1.807, 2.05) is 18.2 Å². The molecule has 1 N–H and O–H groups in total. The van der Waals surface area contributed by atoms with Crippen LogP contribution in [0.2, 0.25) is 0 Å². The quantitative estimate of drug-likeness (QED) is 0.811. The number of guanidine groups is 1. The Morgan fingerprint density at radius 1 is 1.13 bits per heavy atom. The van der Waals surface area contributed by atoms with Gasteiger partial charge in [-0.05, 0) is 12.5 Å². The summed E-state index contributed by atoms with van der Waals surface area (Å²) in [7, 11) is 0. The largest absolute Gasteiger partial charge is 0.342 e. The van der Waals surface area contributed by atoms with Gasteiger partial charge in [-0.2, -0.15) is 0 Å². The van der Waals surface area contributed by atoms with Crippen LogP contribution in [0.4, 0.5) is 0 Å². The molecule has 15 heavy (non-hydrogen) atoms. The van der Waals surface area contributed by atoms with Gasteiger partial charge in [0.05, 0.1) is 0 Å². The van der Waals surface area contributed by atoms with Crippen molar-refractivity contribution in [2.45, 2.75) is 13.5 Å². The molecule has 0 aliphatic carbocycles. The smallest absolute Gasteiger partial charge is 0.194 e. The lowest BCUT2D eigenvalue weighted by Gasteiger charge is -2.20. The fourth-order valence-electron chi connectivity index (χ4n) is 1.92. The van der Waals surface area contributed by atoms with Crippen molar-refractivity contribution in [3.05, 3.63) is 35.9 Å². The SMILES string of the molecule is CCN1CCN(Cc2ccccc2)C1=N. The second-order valence-corrected chi connectivity index (χ2v) is 3.81. The Morgan fingerprint density at radius 2 is 1.80 bits per heavy atom. The van der Waals surface area contributed by atoms with Crippen LogP contribution in [-0.2, 0) is 6.54 Å². The molecule has 1 aliphatic heterocycles. The maximum absolute atomic E-state index is 7.96. The van der Waals surface area contributed by atoms with Crippen molar-refractivity contribution in [2.24, 2.45) is 0 Å². The molecule has 1 heterocycles. The zero-order chi connectivity index (χ0) is 10.7. The number of benzene rings is 1. The summed E-state index contributed by atoms with van der Waals surface area (Å²) in [5.74, 6) is 0.668.